The van der Waals surface area contributed by atoms with Gasteiger partial charge in [-0.15, -0.1) is 0 Å². The van der Waals surface area contributed by atoms with Gasteiger partial charge >= 0.3 is 6.18 Å². The zero-order valence-electron chi connectivity index (χ0n) is 8.96. The molecule has 1 saturated heterocycles. The normalized spacial score (nSPS) is 21.7. The summed E-state index contributed by atoms with van der Waals surface area (Å²) in [5.41, 5.74) is 0. The molecule has 5 nitrogen and oxygen atoms in total. The second-order valence-electron chi connectivity index (χ2n) is 3.75. The van der Waals surface area contributed by atoms with Crippen LogP contribution >= 0.6 is 0 Å². The van der Waals surface area contributed by atoms with Gasteiger partial charge in [0.1, 0.15) is 6.04 Å². The molecule has 0 saturated carbocycles. The van der Waals surface area contributed by atoms with E-state index in [-0.39, 0.29) is 24.2 Å². The Hall–Kier alpha value is -1.15. The lowest BCUT2D eigenvalue weighted by Crippen LogP contribution is -2.34. The maximum atomic E-state index is 12.0. The van der Waals surface area contributed by atoms with E-state index in [1.807, 2.05) is 0 Å². The number of rotatable bonds is 3. The average molecular weight is 251 g/mol. The van der Waals surface area contributed by atoms with Crippen molar-refractivity contribution in [1.82, 2.24) is 15.5 Å². The van der Waals surface area contributed by atoms with Crippen LogP contribution in [0, 0.1) is 0 Å². The summed E-state index contributed by atoms with van der Waals surface area (Å²) in [4.78, 5) is 3.92. The van der Waals surface area contributed by atoms with Gasteiger partial charge in [-0.3, -0.25) is 0 Å². The molecule has 96 valence electrons. The van der Waals surface area contributed by atoms with Crippen LogP contribution in [0.4, 0.5) is 13.2 Å². The van der Waals surface area contributed by atoms with Crippen molar-refractivity contribution < 1.29 is 22.4 Å². The summed E-state index contributed by atoms with van der Waals surface area (Å²) >= 11 is 0. The van der Waals surface area contributed by atoms with E-state index < -0.39 is 12.6 Å². The smallest absolute Gasteiger partial charge is 0.378 e. The van der Waals surface area contributed by atoms with Crippen LogP contribution in [0.25, 0.3) is 0 Å². The maximum Gasteiger partial charge on any atom is 0.389 e. The number of alkyl halides is 3. The zero-order chi connectivity index (χ0) is 12.3. The van der Waals surface area contributed by atoms with E-state index in [2.05, 4.69) is 15.5 Å². The number of ether oxygens (including phenoxy) is 1. The number of aryl methyl sites for hydroxylation is 1. The van der Waals surface area contributed by atoms with Crippen molar-refractivity contribution in [1.29, 1.82) is 0 Å². The molecule has 1 fully saturated rings. The van der Waals surface area contributed by atoms with Crippen molar-refractivity contribution in [2.45, 2.75) is 25.1 Å². The van der Waals surface area contributed by atoms with E-state index in [0.717, 1.165) is 0 Å². The molecule has 0 bridgehead atoms. The van der Waals surface area contributed by atoms with Gasteiger partial charge in [0.15, 0.2) is 5.82 Å². The highest BCUT2D eigenvalue weighted by Crippen LogP contribution is 2.22. The van der Waals surface area contributed by atoms with Crippen LogP contribution in [-0.4, -0.2) is 36.1 Å². The molecule has 0 amide bonds. The van der Waals surface area contributed by atoms with Gasteiger partial charge in [0.05, 0.1) is 19.6 Å². The van der Waals surface area contributed by atoms with Crippen LogP contribution in [0.5, 0.6) is 0 Å². The lowest BCUT2D eigenvalue weighted by atomic mass is 10.2. The van der Waals surface area contributed by atoms with Gasteiger partial charge < -0.3 is 14.6 Å². The zero-order valence-corrected chi connectivity index (χ0v) is 8.96. The lowest BCUT2D eigenvalue weighted by molar-refractivity contribution is -0.134. The molecule has 0 spiro atoms. The standard InChI is InChI=1S/C9H12F3N3O2/c10-9(11,12)2-1-7-14-8(17-15-7)6-5-16-4-3-13-6/h6,13H,1-5H2. The molecular weight excluding hydrogens is 239 g/mol. The van der Waals surface area contributed by atoms with E-state index in [1.165, 1.54) is 0 Å². The minimum atomic E-state index is -4.20. The van der Waals surface area contributed by atoms with Crippen LogP contribution < -0.4 is 5.32 Å². The summed E-state index contributed by atoms with van der Waals surface area (Å²) in [6.07, 6.45) is -5.41. The fraction of sp³-hybridized carbons (Fsp3) is 0.778. The highest BCUT2D eigenvalue weighted by molar-refractivity contribution is 4.94. The Morgan fingerprint density at radius 3 is 2.88 bits per heavy atom. The van der Waals surface area contributed by atoms with E-state index in [1.54, 1.807) is 0 Å². The Labute approximate surface area is 95.3 Å². The second kappa shape index (κ2) is 5.01. The van der Waals surface area contributed by atoms with Gasteiger partial charge in [0, 0.05) is 13.0 Å². The first-order valence-corrected chi connectivity index (χ1v) is 5.25. The van der Waals surface area contributed by atoms with Crippen LogP contribution in [0.1, 0.15) is 24.2 Å². The minimum Gasteiger partial charge on any atom is -0.378 e. The third-order valence-corrected chi connectivity index (χ3v) is 2.34. The Bertz CT molecular complexity index is 361. The summed E-state index contributed by atoms with van der Waals surface area (Å²) in [5.74, 6) is 0.353. The van der Waals surface area contributed by atoms with Gasteiger partial charge in [0.2, 0.25) is 5.89 Å². The fourth-order valence-electron chi connectivity index (χ4n) is 1.49. The van der Waals surface area contributed by atoms with Gasteiger partial charge in [-0.1, -0.05) is 5.16 Å². The molecule has 1 unspecified atom stereocenters. The van der Waals surface area contributed by atoms with Gasteiger partial charge in [-0.25, -0.2) is 0 Å². The molecule has 1 aromatic heterocycles. The predicted molar refractivity (Wildman–Crippen MR) is 50.2 cm³/mol. The van der Waals surface area contributed by atoms with Gasteiger partial charge in [-0.05, 0) is 0 Å². The number of aromatic nitrogens is 2. The quantitative estimate of drug-likeness (QED) is 0.875. The third-order valence-electron chi connectivity index (χ3n) is 2.34. The molecule has 1 aromatic rings. The summed E-state index contributed by atoms with van der Waals surface area (Å²) in [7, 11) is 0. The maximum absolute atomic E-state index is 12.0. The van der Waals surface area contributed by atoms with Crippen molar-refractivity contribution in [3.05, 3.63) is 11.7 Å². The van der Waals surface area contributed by atoms with Crippen molar-refractivity contribution >= 4 is 0 Å². The largest absolute Gasteiger partial charge is 0.389 e. The fourth-order valence-corrected chi connectivity index (χ4v) is 1.49. The van der Waals surface area contributed by atoms with E-state index in [0.29, 0.717) is 19.8 Å². The summed E-state index contributed by atoms with van der Waals surface area (Å²) < 4.78 is 46.0. The van der Waals surface area contributed by atoms with Crippen LogP contribution in [0.2, 0.25) is 0 Å². The first-order chi connectivity index (χ1) is 8.04. The molecule has 17 heavy (non-hydrogen) atoms. The monoisotopic (exact) mass is 251 g/mol. The molecule has 2 heterocycles. The topological polar surface area (TPSA) is 60.2 Å². The molecule has 1 atom stereocenters. The average Bonchev–Trinajstić information content (AvgIpc) is 2.75. The first kappa shape index (κ1) is 12.3. The van der Waals surface area contributed by atoms with E-state index >= 15 is 0 Å². The van der Waals surface area contributed by atoms with Crippen molar-refractivity contribution in [3.63, 3.8) is 0 Å². The second-order valence-corrected chi connectivity index (χ2v) is 3.75. The van der Waals surface area contributed by atoms with E-state index in [4.69, 9.17) is 9.26 Å². The van der Waals surface area contributed by atoms with Gasteiger partial charge in [-0.2, -0.15) is 18.2 Å². The third kappa shape index (κ3) is 3.67. The minimum absolute atomic E-state index is 0.0738. The molecule has 1 aliphatic rings. The highest BCUT2D eigenvalue weighted by atomic mass is 19.4. The number of morpholine rings is 1. The number of hydrogen-bond donors (Lipinski definition) is 1. The molecule has 1 N–H and O–H groups in total. The number of nitrogens with zero attached hydrogens (tertiary/aromatic N) is 2. The van der Waals surface area contributed by atoms with E-state index in [9.17, 15) is 13.2 Å². The van der Waals surface area contributed by atoms with Gasteiger partial charge in [0.25, 0.3) is 0 Å². The van der Waals surface area contributed by atoms with Crippen molar-refractivity contribution in [2.75, 3.05) is 19.8 Å². The Morgan fingerprint density at radius 2 is 2.24 bits per heavy atom. The molecule has 2 rings (SSSR count). The summed E-state index contributed by atoms with van der Waals surface area (Å²) in [6, 6.07) is -0.226. The molecule has 0 radical (unpaired) electrons. The molecule has 0 aliphatic carbocycles. The van der Waals surface area contributed by atoms with Crippen LogP contribution in [0.15, 0.2) is 4.52 Å². The molecular formula is C9H12F3N3O2. The summed E-state index contributed by atoms with van der Waals surface area (Å²) in [6.45, 7) is 1.65. The van der Waals surface area contributed by atoms with Crippen LogP contribution in [0.3, 0.4) is 0 Å². The number of nitrogens with one attached hydrogen (secondary N) is 1. The van der Waals surface area contributed by atoms with Crippen molar-refractivity contribution in [3.8, 4) is 0 Å². The van der Waals surface area contributed by atoms with Crippen molar-refractivity contribution in [2.24, 2.45) is 0 Å². The van der Waals surface area contributed by atoms with Crippen LogP contribution in [-0.2, 0) is 11.2 Å². The highest BCUT2D eigenvalue weighted by Gasteiger charge is 2.28. The molecule has 1 aliphatic heterocycles. The summed E-state index contributed by atoms with van der Waals surface area (Å²) in [5, 5.41) is 6.59. The SMILES string of the molecule is FC(F)(F)CCc1noc(C2COCCN2)n1. The first-order valence-electron chi connectivity index (χ1n) is 5.25. The Morgan fingerprint density at radius 1 is 1.41 bits per heavy atom. The number of halogens is 3. The Balaban J connectivity index is 1.91. The number of hydrogen-bond acceptors (Lipinski definition) is 5. The predicted octanol–water partition coefficient (Wildman–Crippen LogP) is 1.23. The molecule has 0 aromatic carbocycles. The lowest BCUT2D eigenvalue weighted by Gasteiger charge is -2.20. The Kier molecular flexibility index (Phi) is 3.63. The molecule has 8 heteroatoms.